The number of carboxylic acid groups (broad SMARTS) is 2. The molecule has 2 unspecified atom stereocenters. The number of carboxylic acids is 2. The molecule has 2 atom stereocenters. The number of hydrogen-bond acceptors (Lipinski definition) is 3. The van der Waals surface area contributed by atoms with Gasteiger partial charge in [0.15, 0.2) is 0 Å². The van der Waals surface area contributed by atoms with Crippen LogP contribution in [0.2, 0.25) is 5.02 Å². The topological polar surface area (TPSA) is 103 Å². The van der Waals surface area contributed by atoms with E-state index in [1.165, 1.54) is 13.1 Å². The van der Waals surface area contributed by atoms with Crippen molar-refractivity contribution in [1.82, 2.24) is 9.97 Å². The average molecular weight is 335 g/mol. The van der Waals surface area contributed by atoms with Gasteiger partial charge < -0.3 is 15.2 Å². The number of hydrogen-bond donors (Lipinski definition) is 3. The molecule has 1 aliphatic carbocycles. The first kappa shape index (κ1) is 15.6. The Labute approximate surface area is 136 Å². The third-order valence-corrected chi connectivity index (χ3v) is 4.84. The largest absolute Gasteiger partial charge is 0.481 e. The Balaban J connectivity index is 2.18. The maximum absolute atomic E-state index is 12.0. The standard InChI is InChI=1S/C16H15ClN2O4/c1-15(13(20)21)4-2-5-16(8-15,14(22)23)11-7-9-10(17)3-6-18-12(9)19-11/h2-4,6-7H,5,8H2,1H3,(H,18,19)(H,20,21)(H,22,23). The highest BCUT2D eigenvalue weighted by Crippen LogP contribution is 2.45. The van der Waals surface area contributed by atoms with E-state index in [2.05, 4.69) is 9.97 Å². The summed E-state index contributed by atoms with van der Waals surface area (Å²) in [6, 6.07) is 3.28. The van der Waals surface area contributed by atoms with Gasteiger partial charge >= 0.3 is 11.9 Å². The lowest BCUT2D eigenvalue weighted by molar-refractivity contribution is -0.151. The highest BCUT2D eigenvalue weighted by Gasteiger charge is 2.50. The number of aromatic nitrogens is 2. The number of fused-ring (bicyclic) bond motifs is 1. The molecule has 2 aromatic rings. The number of aromatic amines is 1. The molecule has 7 heteroatoms. The third-order valence-electron chi connectivity index (χ3n) is 4.51. The van der Waals surface area contributed by atoms with Gasteiger partial charge in [0.05, 0.1) is 10.4 Å². The first-order valence-corrected chi connectivity index (χ1v) is 7.44. The van der Waals surface area contributed by atoms with Crippen LogP contribution in [0.15, 0.2) is 30.5 Å². The van der Waals surface area contributed by atoms with Crippen LogP contribution in [0.5, 0.6) is 0 Å². The Kier molecular flexibility index (Phi) is 3.44. The Morgan fingerprint density at radius 2 is 2.09 bits per heavy atom. The highest BCUT2D eigenvalue weighted by molar-refractivity contribution is 6.35. The molecular formula is C16H15ClN2O4. The van der Waals surface area contributed by atoms with Crippen molar-refractivity contribution in [3.8, 4) is 0 Å². The first-order valence-electron chi connectivity index (χ1n) is 7.07. The minimum atomic E-state index is -1.36. The minimum absolute atomic E-state index is 0.0500. The molecule has 0 fully saturated rings. The molecule has 2 heterocycles. The van der Waals surface area contributed by atoms with E-state index in [1.54, 1.807) is 24.3 Å². The van der Waals surface area contributed by atoms with E-state index in [0.29, 0.717) is 21.7 Å². The summed E-state index contributed by atoms with van der Waals surface area (Å²) in [5.41, 5.74) is -1.70. The Morgan fingerprint density at radius 1 is 1.35 bits per heavy atom. The lowest BCUT2D eigenvalue weighted by Gasteiger charge is -2.37. The lowest BCUT2D eigenvalue weighted by atomic mass is 9.64. The van der Waals surface area contributed by atoms with Gasteiger partial charge in [0, 0.05) is 17.3 Å². The Bertz CT molecular complexity index is 844. The number of nitrogens with zero attached hydrogens (tertiary/aromatic N) is 1. The van der Waals surface area contributed by atoms with Crippen LogP contribution in [0.4, 0.5) is 0 Å². The number of allylic oxidation sites excluding steroid dienone is 1. The first-order chi connectivity index (χ1) is 10.8. The third kappa shape index (κ3) is 2.30. The van der Waals surface area contributed by atoms with Crippen LogP contribution in [0.25, 0.3) is 11.0 Å². The molecule has 0 bridgehead atoms. The number of aliphatic carboxylic acids is 2. The fraction of sp³-hybridized carbons (Fsp3) is 0.312. The average Bonchev–Trinajstić information content (AvgIpc) is 2.93. The van der Waals surface area contributed by atoms with Crippen LogP contribution in [0.3, 0.4) is 0 Å². The number of rotatable bonds is 3. The zero-order valence-corrected chi connectivity index (χ0v) is 13.1. The van der Waals surface area contributed by atoms with Gasteiger partial charge in [0.2, 0.25) is 0 Å². The predicted molar refractivity (Wildman–Crippen MR) is 84.5 cm³/mol. The summed E-state index contributed by atoms with van der Waals surface area (Å²) in [6.45, 7) is 1.52. The van der Waals surface area contributed by atoms with Crippen molar-refractivity contribution in [3.05, 3.63) is 41.2 Å². The number of H-pyrrole nitrogens is 1. The van der Waals surface area contributed by atoms with Crippen molar-refractivity contribution in [3.63, 3.8) is 0 Å². The summed E-state index contributed by atoms with van der Waals surface area (Å²) in [6.07, 6.45) is 4.86. The molecule has 0 saturated carbocycles. The summed E-state index contributed by atoms with van der Waals surface area (Å²) < 4.78 is 0. The molecule has 2 aromatic heterocycles. The summed E-state index contributed by atoms with van der Waals surface area (Å²) in [5.74, 6) is -2.12. The molecule has 0 saturated heterocycles. The van der Waals surface area contributed by atoms with E-state index >= 15 is 0 Å². The molecule has 0 amide bonds. The maximum Gasteiger partial charge on any atom is 0.316 e. The molecule has 120 valence electrons. The van der Waals surface area contributed by atoms with E-state index in [1.807, 2.05) is 0 Å². The molecule has 0 aliphatic heterocycles. The molecule has 0 aromatic carbocycles. The molecule has 3 N–H and O–H groups in total. The van der Waals surface area contributed by atoms with Gasteiger partial charge in [-0.05, 0) is 31.9 Å². The normalized spacial score (nSPS) is 27.2. The quantitative estimate of drug-likeness (QED) is 0.749. The van der Waals surface area contributed by atoms with Crippen molar-refractivity contribution in [2.45, 2.75) is 25.2 Å². The van der Waals surface area contributed by atoms with Gasteiger partial charge in [0.25, 0.3) is 0 Å². The number of pyridine rings is 1. The zero-order chi connectivity index (χ0) is 16.8. The van der Waals surface area contributed by atoms with Crippen molar-refractivity contribution in [2.24, 2.45) is 5.41 Å². The second-order valence-corrected chi connectivity index (χ2v) is 6.54. The molecule has 0 spiro atoms. The van der Waals surface area contributed by atoms with Gasteiger partial charge in [-0.25, -0.2) is 4.98 Å². The van der Waals surface area contributed by atoms with Gasteiger partial charge in [0.1, 0.15) is 11.1 Å². The zero-order valence-electron chi connectivity index (χ0n) is 12.3. The van der Waals surface area contributed by atoms with Crippen molar-refractivity contribution in [2.75, 3.05) is 0 Å². The van der Waals surface area contributed by atoms with Crippen LogP contribution >= 0.6 is 11.6 Å². The smallest absolute Gasteiger partial charge is 0.316 e. The van der Waals surface area contributed by atoms with E-state index in [0.717, 1.165) is 0 Å². The van der Waals surface area contributed by atoms with Crippen LogP contribution < -0.4 is 0 Å². The molecular weight excluding hydrogens is 320 g/mol. The summed E-state index contributed by atoms with van der Waals surface area (Å²) >= 11 is 6.13. The van der Waals surface area contributed by atoms with E-state index < -0.39 is 22.8 Å². The SMILES string of the molecule is CC1(C(=O)O)C=CCC(C(=O)O)(c2cc3c(Cl)ccnc3[nH]2)C1. The lowest BCUT2D eigenvalue weighted by Crippen LogP contribution is -2.45. The predicted octanol–water partition coefficient (Wildman–Crippen LogP) is 2.98. The Hall–Kier alpha value is -2.34. The molecule has 0 radical (unpaired) electrons. The van der Waals surface area contributed by atoms with Crippen LogP contribution in [-0.4, -0.2) is 32.1 Å². The van der Waals surface area contributed by atoms with E-state index in [-0.39, 0.29) is 12.8 Å². The fourth-order valence-corrected chi connectivity index (χ4v) is 3.36. The maximum atomic E-state index is 12.0. The van der Waals surface area contributed by atoms with Crippen molar-refractivity contribution < 1.29 is 19.8 Å². The molecule has 3 rings (SSSR count). The summed E-state index contributed by atoms with van der Waals surface area (Å²) in [7, 11) is 0. The summed E-state index contributed by atoms with van der Waals surface area (Å²) in [4.78, 5) is 30.8. The number of nitrogens with one attached hydrogen (secondary N) is 1. The summed E-state index contributed by atoms with van der Waals surface area (Å²) in [5, 5.41) is 20.4. The molecule has 23 heavy (non-hydrogen) atoms. The van der Waals surface area contributed by atoms with Crippen LogP contribution in [0.1, 0.15) is 25.5 Å². The van der Waals surface area contributed by atoms with Gasteiger partial charge in [-0.15, -0.1) is 0 Å². The van der Waals surface area contributed by atoms with Crippen LogP contribution in [0, 0.1) is 5.41 Å². The van der Waals surface area contributed by atoms with Gasteiger partial charge in [-0.3, -0.25) is 9.59 Å². The van der Waals surface area contributed by atoms with Crippen LogP contribution in [-0.2, 0) is 15.0 Å². The monoisotopic (exact) mass is 334 g/mol. The fourth-order valence-electron chi connectivity index (χ4n) is 3.16. The van der Waals surface area contributed by atoms with Crippen molar-refractivity contribution >= 4 is 34.6 Å². The minimum Gasteiger partial charge on any atom is -0.481 e. The second kappa shape index (κ2) is 5.09. The second-order valence-electron chi connectivity index (χ2n) is 6.13. The van der Waals surface area contributed by atoms with E-state index in [4.69, 9.17) is 11.6 Å². The van der Waals surface area contributed by atoms with Gasteiger partial charge in [-0.2, -0.15) is 0 Å². The molecule has 1 aliphatic rings. The van der Waals surface area contributed by atoms with Gasteiger partial charge in [-0.1, -0.05) is 23.8 Å². The van der Waals surface area contributed by atoms with E-state index in [9.17, 15) is 19.8 Å². The number of carbonyl (C=O) groups is 2. The highest BCUT2D eigenvalue weighted by atomic mass is 35.5. The molecule has 6 nitrogen and oxygen atoms in total. The van der Waals surface area contributed by atoms with Crippen molar-refractivity contribution in [1.29, 1.82) is 0 Å². The Morgan fingerprint density at radius 3 is 2.70 bits per heavy atom. The number of halogens is 1.